The maximum absolute atomic E-state index is 11.7. The number of nitrogens with zero attached hydrogens (tertiary/aromatic N) is 1. The maximum atomic E-state index is 11.7. The molecular formula is C15H16N2O4S. The van der Waals surface area contributed by atoms with Gasteiger partial charge in [-0.05, 0) is 13.8 Å². The predicted octanol–water partition coefficient (Wildman–Crippen LogP) is 3.96. The van der Waals surface area contributed by atoms with Crippen molar-refractivity contribution in [2.24, 2.45) is 5.11 Å². The Morgan fingerprint density at radius 1 is 1.32 bits per heavy atom. The highest BCUT2D eigenvalue weighted by atomic mass is 32.2. The summed E-state index contributed by atoms with van der Waals surface area (Å²) in [5, 5.41) is 24.2. The van der Waals surface area contributed by atoms with E-state index in [1.54, 1.807) is 38.1 Å². The van der Waals surface area contributed by atoms with Crippen molar-refractivity contribution >= 4 is 34.2 Å². The average molecular weight is 320 g/mol. The van der Waals surface area contributed by atoms with Gasteiger partial charge in [-0.1, -0.05) is 24.3 Å². The maximum Gasteiger partial charge on any atom is 0.319 e. The lowest BCUT2D eigenvalue weighted by Crippen LogP contribution is -2.16. The summed E-state index contributed by atoms with van der Waals surface area (Å²) in [6.07, 6.45) is 0. The predicted molar refractivity (Wildman–Crippen MR) is 84.0 cm³/mol. The number of aromatic hydroxyl groups is 2. The minimum Gasteiger partial charge on any atom is -0.506 e. The zero-order valence-electron chi connectivity index (χ0n) is 12.2. The number of hydrogen-bond acceptors (Lipinski definition) is 7. The van der Waals surface area contributed by atoms with Crippen molar-refractivity contribution in [2.75, 3.05) is 6.61 Å². The van der Waals surface area contributed by atoms with E-state index in [4.69, 9.17) is 10.3 Å². The monoisotopic (exact) mass is 320 g/mol. The van der Waals surface area contributed by atoms with Gasteiger partial charge in [-0.25, -0.2) is 5.53 Å². The molecule has 0 bridgehead atoms. The first kappa shape index (κ1) is 16.1. The first-order valence-corrected chi connectivity index (χ1v) is 7.56. The van der Waals surface area contributed by atoms with Crippen molar-refractivity contribution in [3.05, 3.63) is 24.3 Å². The number of carbonyl (C=O) groups is 1. The van der Waals surface area contributed by atoms with Crippen molar-refractivity contribution < 1.29 is 19.7 Å². The summed E-state index contributed by atoms with van der Waals surface area (Å²) in [6.45, 7) is 3.59. The Morgan fingerprint density at radius 3 is 2.45 bits per heavy atom. The molecule has 116 valence electrons. The van der Waals surface area contributed by atoms with Crippen molar-refractivity contribution in [3.8, 4) is 11.5 Å². The highest BCUT2D eigenvalue weighted by Crippen LogP contribution is 2.50. The summed E-state index contributed by atoms with van der Waals surface area (Å²) in [7, 11) is 0. The molecular weight excluding hydrogens is 304 g/mol. The largest absolute Gasteiger partial charge is 0.506 e. The number of esters is 1. The van der Waals surface area contributed by atoms with E-state index in [2.05, 4.69) is 5.11 Å². The zero-order chi connectivity index (χ0) is 16.3. The summed E-state index contributed by atoms with van der Waals surface area (Å²) >= 11 is 1.00. The molecule has 0 aliphatic carbocycles. The number of fused-ring (bicyclic) bond motifs is 1. The molecule has 0 aromatic heterocycles. The van der Waals surface area contributed by atoms with Crippen LogP contribution in [0.1, 0.15) is 13.8 Å². The molecule has 2 rings (SSSR count). The number of hydrogen-bond donors (Lipinski definition) is 3. The molecule has 0 aliphatic heterocycles. The number of thioether (sulfide) groups is 1. The van der Waals surface area contributed by atoms with E-state index in [-0.39, 0.29) is 28.7 Å². The van der Waals surface area contributed by atoms with Crippen LogP contribution in [0.2, 0.25) is 0 Å². The molecule has 0 radical (unpaired) electrons. The van der Waals surface area contributed by atoms with Crippen LogP contribution >= 0.6 is 11.8 Å². The normalized spacial score (nSPS) is 12.1. The summed E-state index contributed by atoms with van der Waals surface area (Å²) in [5.41, 5.74) is 7.20. The molecule has 1 unspecified atom stereocenters. The van der Waals surface area contributed by atoms with E-state index in [0.29, 0.717) is 10.8 Å². The van der Waals surface area contributed by atoms with Gasteiger partial charge in [0, 0.05) is 10.8 Å². The molecule has 0 heterocycles. The fourth-order valence-corrected chi connectivity index (χ4v) is 3.06. The molecule has 2 aromatic carbocycles. The minimum atomic E-state index is -0.605. The van der Waals surface area contributed by atoms with Gasteiger partial charge < -0.3 is 14.9 Å². The second-order valence-corrected chi connectivity index (χ2v) is 5.90. The van der Waals surface area contributed by atoms with Crippen LogP contribution in [0.4, 0.5) is 5.69 Å². The Kier molecular flexibility index (Phi) is 4.87. The number of carbonyl (C=O) groups excluding carboxylic acids is 1. The Balaban J connectivity index is 2.55. The summed E-state index contributed by atoms with van der Waals surface area (Å²) < 4.78 is 4.93. The Hall–Kier alpha value is -2.28. The third kappa shape index (κ3) is 2.85. The van der Waals surface area contributed by atoms with E-state index >= 15 is 0 Å². The van der Waals surface area contributed by atoms with Gasteiger partial charge in [-0.3, -0.25) is 4.79 Å². The number of nitrogens with one attached hydrogen (secondary N) is 1. The second kappa shape index (κ2) is 6.65. The lowest BCUT2D eigenvalue weighted by Gasteiger charge is -2.15. The van der Waals surface area contributed by atoms with Crippen LogP contribution in [-0.4, -0.2) is 28.0 Å². The van der Waals surface area contributed by atoms with Crippen molar-refractivity contribution in [3.63, 3.8) is 0 Å². The van der Waals surface area contributed by atoms with Gasteiger partial charge in [-0.2, -0.15) is 5.11 Å². The molecule has 0 amide bonds. The SMILES string of the molecule is CCOC(=O)C(C)Sc1c(N=N)c(O)c2ccccc2c1O. The third-order valence-electron chi connectivity index (χ3n) is 3.12. The van der Waals surface area contributed by atoms with E-state index in [1.807, 2.05) is 0 Å². The van der Waals surface area contributed by atoms with Gasteiger partial charge in [-0.15, -0.1) is 11.8 Å². The van der Waals surface area contributed by atoms with E-state index < -0.39 is 11.2 Å². The molecule has 1 atom stereocenters. The van der Waals surface area contributed by atoms with Crippen LogP contribution in [0.15, 0.2) is 34.3 Å². The number of benzene rings is 2. The van der Waals surface area contributed by atoms with Gasteiger partial charge in [0.2, 0.25) is 0 Å². The number of phenols is 2. The lowest BCUT2D eigenvalue weighted by atomic mass is 10.1. The summed E-state index contributed by atoms with van der Waals surface area (Å²) in [4.78, 5) is 11.9. The van der Waals surface area contributed by atoms with E-state index in [9.17, 15) is 15.0 Å². The molecule has 0 aliphatic rings. The van der Waals surface area contributed by atoms with Gasteiger partial charge in [0.15, 0.2) is 5.75 Å². The van der Waals surface area contributed by atoms with E-state index in [0.717, 1.165) is 11.8 Å². The molecule has 0 saturated heterocycles. The molecule has 0 spiro atoms. The van der Waals surface area contributed by atoms with Crippen LogP contribution in [0.5, 0.6) is 11.5 Å². The molecule has 6 nitrogen and oxygen atoms in total. The minimum absolute atomic E-state index is 0.0580. The smallest absolute Gasteiger partial charge is 0.319 e. The molecule has 2 aromatic rings. The van der Waals surface area contributed by atoms with Crippen LogP contribution in [0, 0.1) is 5.53 Å². The van der Waals surface area contributed by atoms with Gasteiger partial charge in [0.05, 0.1) is 11.5 Å². The second-order valence-electron chi connectivity index (χ2n) is 4.54. The highest BCUT2D eigenvalue weighted by molar-refractivity contribution is 8.00. The Labute approximate surface area is 131 Å². The summed E-state index contributed by atoms with van der Waals surface area (Å²) in [6, 6.07) is 6.71. The van der Waals surface area contributed by atoms with Crippen molar-refractivity contribution in [1.82, 2.24) is 0 Å². The van der Waals surface area contributed by atoms with Gasteiger partial charge >= 0.3 is 5.97 Å². The van der Waals surface area contributed by atoms with Crippen molar-refractivity contribution in [2.45, 2.75) is 24.0 Å². The lowest BCUT2D eigenvalue weighted by molar-refractivity contribution is -0.142. The Morgan fingerprint density at radius 2 is 1.91 bits per heavy atom. The quantitative estimate of drug-likeness (QED) is 0.335. The van der Waals surface area contributed by atoms with Crippen LogP contribution in [0.25, 0.3) is 10.8 Å². The standard InChI is InChI=1S/C15H16N2O4S/c1-3-21-15(20)8(2)22-14-11(17-16)12(18)9-6-4-5-7-10(9)13(14)19/h4-8,16,18-19H,3H2,1-2H3. The van der Waals surface area contributed by atoms with Crippen LogP contribution in [0.3, 0.4) is 0 Å². The molecule has 0 fully saturated rings. The fraction of sp³-hybridized carbons (Fsp3) is 0.267. The molecule has 0 saturated carbocycles. The Bertz CT molecular complexity index is 733. The topological polar surface area (TPSA) is 103 Å². The molecule has 7 heteroatoms. The van der Waals surface area contributed by atoms with Crippen molar-refractivity contribution in [1.29, 1.82) is 5.53 Å². The van der Waals surface area contributed by atoms with Gasteiger partial charge in [0.25, 0.3) is 0 Å². The van der Waals surface area contributed by atoms with Crippen LogP contribution in [-0.2, 0) is 9.53 Å². The summed E-state index contributed by atoms with van der Waals surface area (Å²) in [5.74, 6) is -0.738. The number of phenolic OH excluding ortho intramolecular Hbond substituents is 2. The van der Waals surface area contributed by atoms with Gasteiger partial charge in [0.1, 0.15) is 16.7 Å². The first-order chi connectivity index (χ1) is 10.5. The fourth-order valence-electron chi connectivity index (χ4n) is 2.07. The zero-order valence-corrected chi connectivity index (χ0v) is 13.0. The number of ether oxygens (including phenoxy) is 1. The van der Waals surface area contributed by atoms with E-state index in [1.165, 1.54) is 0 Å². The molecule has 3 N–H and O–H groups in total. The third-order valence-corrected chi connectivity index (χ3v) is 4.29. The average Bonchev–Trinajstić information content (AvgIpc) is 2.52. The number of rotatable bonds is 5. The highest BCUT2D eigenvalue weighted by Gasteiger charge is 2.24. The molecule has 22 heavy (non-hydrogen) atoms. The van der Waals surface area contributed by atoms with Crippen LogP contribution < -0.4 is 0 Å². The first-order valence-electron chi connectivity index (χ1n) is 6.68.